The molecular weight excluding hydrogens is 759 g/mol. The van der Waals surface area contributed by atoms with Crippen molar-refractivity contribution in [3.8, 4) is 67.8 Å². The van der Waals surface area contributed by atoms with Crippen molar-refractivity contribution < 1.29 is 0 Å². The minimum Gasteiger partial charge on any atom is -0.309 e. The van der Waals surface area contributed by atoms with E-state index in [1.54, 1.807) is 24.8 Å². The van der Waals surface area contributed by atoms with E-state index in [1.165, 1.54) is 32.6 Å². The first kappa shape index (κ1) is 35.4. The fraction of sp³-hybridized carbons (Fsp3) is 0. The van der Waals surface area contributed by atoms with Gasteiger partial charge in [0.2, 0.25) is 0 Å². The van der Waals surface area contributed by atoms with Gasteiger partial charge in [0.05, 0.1) is 27.8 Å². The molecule has 0 bridgehead atoms. The van der Waals surface area contributed by atoms with Gasteiger partial charge in [-0.1, -0.05) is 121 Å². The molecule has 12 aromatic rings. The van der Waals surface area contributed by atoms with Crippen LogP contribution >= 0.6 is 0 Å². The molecule has 0 amide bonds. The zero-order valence-corrected chi connectivity index (χ0v) is 33.3. The minimum absolute atomic E-state index is 0.536. The summed E-state index contributed by atoms with van der Waals surface area (Å²) in [6, 6.07) is 66.4. The number of hydrogen-bond acceptors (Lipinski definition) is 5. The Hall–Kier alpha value is -8.55. The average molecular weight is 794 g/mol. The van der Waals surface area contributed by atoms with Crippen LogP contribution < -0.4 is 0 Å². The molecule has 62 heavy (non-hydrogen) atoms. The van der Waals surface area contributed by atoms with Crippen molar-refractivity contribution in [2.24, 2.45) is 0 Å². The van der Waals surface area contributed by atoms with Gasteiger partial charge in [-0.05, 0) is 77.9 Å². The standard InChI is InChI=1S/C55H35N7/c1-4-16-36(17-5-1)45-32-40(55-59-53(38-20-14-30-56-34-38)58-54(60-55)39-21-15-31-57-35-39)33-46(37-18-6-2-7-19-37)51(45)62-48-27-13-11-25-44(48)50-49(62)29-28-43-42-24-10-12-26-47(42)61(52(43)50)41-22-8-3-9-23-41/h1-35H. The van der Waals surface area contributed by atoms with E-state index in [9.17, 15) is 0 Å². The average Bonchev–Trinajstić information content (AvgIpc) is 3.87. The molecule has 0 aliphatic rings. The number of rotatable bonds is 7. The van der Waals surface area contributed by atoms with E-state index in [0.717, 1.165) is 61.4 Å². The highest BCUT2D eigenvalue weighted by Crippen LogP contribution is 2.46. The van der Waals surface area contributed by atoms with Crippen LogP contribution in [0.15, 0.2) is 213 Å². The van der Waals surface area contributed by atoms with Crippen LogP contribution in [0, 0.1) is 0 Å². The van der Waals surface area contributed by atoms with Crippen molar-refractivity contribution in [1.29, 1.82) is 0 Å². The topological polar surface area (TPSA) is 74.3 Å². The molecule has 7 heteroatoms. The summed E-state index contributed by atoms with van der Waals surface area (Å²) in [6.45, 7) is 0. The van der Waals surface area contributed by atoms with E-state index in [1.807, 2.05) is 24.3 Å². The van der Waals surface area contributed by atoms with Gasteiger partial charge in [0.15, 0.2) is 17.5 Å². The Balaban J connectivity index is 1.22. The van der Waals surface area contributed by atoms with Crippen molar-refractivity contribution in [3.63, 3.8) is 0 Å². The number of fused-ring (bicyclic) bond motifs is 7. The quantitative estimate of drug-likeness (QED) is 0.161. The summed E-state index contributed by atoms with van der Waals surface area (Å²) in [5.74, 6) is 1.62. The lowest BCUT2D eigenvalue weighted by molar-refractivity contribution is 1.07. The molecule has 0 radical (unpaired) electrons. The molecule has 0 fully saturated rings. The number of aromatic nitrogens is 7. The van der Waals surface area contributed by atoms with Crippen LogP contribution in [0.25, 0.3) is 111 Å². The van der Waals surface area contributed by atoms with Gasteiger partial charge >= 0.3 is 0 Å². The smallest absolute Gasteiger partial charge is 0.165 e. The Kier molecular flexibility index (Phi) is 8.35. The number of hydrogen-bond donors (Lipinski definition) is 0. The third kappa shape index (κ3) is 5.79. The molecule has 0 spiro atoms. The summed E-state index contributed by atoms with van der Waals surface area (Å²) in [5, 5.41) is 4.80. The van der Waals surface area contributed by atoms with Gasteiger partial charge in [0.25, 0.3) is 0 Å². The second kappa shape index (κ2) is 14.6. The Morgan fingerprint density at radius 1 is 0.339 bits per heavy atom. The predicted octanol–water partition coefficient (Wildman–Crippen LogP) is 13.2. The summed E-state index contributed by atoms with van der Waals surface area (Å²) in [6.07, 6.45) is 7.09. The maximum absolute atomic E-state index is 5.16. The number of pyridine rings is 2. The fourth-order valence-electron chi connectivity index (χ4n) is 9.03. The highest BCUT2D eigenvalue weighted by Gasteiger charge is 2.25. The van der Waals surface area contributed by atoms with E-state index in [-0.39, 0.29) is 0 Å². The van der Waals surface area contributed by atoms with Crippen LogP contribution in [-0.2, 0) is 0 Å². The Morgan fingerprint density at radius 2 is 0.823 bits per heavy atom. The van der Waals surface area contributed by atoms with Crippen molar-refractivity contribution in [2.75, 3.05) is 0 Å². The summed E-state index contributed by atoms with van der Waals surface area (Å²) in [7, 11) is 0. The fourth-order valence-corrected chi connectivity index (χ4v) is 9.03. The normalized spacial score (nSPS) is 11.5. The van der Waals surface area contributed by atoms with E-state index in [4.69, 9.17) is 15.0 Å². The third-order valence-electron chi connectivity index (χ3n) is 11.7. The van der Waals surface area contributed by atoms with E-state index in [0.29, 0.717) is 17.5 Å². The molecule has 5 aromatic heterocycles. The molecule has 7 aromatic carbocycles. The lowest BCUT2D eigenvalue weighted by Crippen LogP contribution is -2.04. The van der Waals surface area contributed by atoms with Crippen LogP contribution in [0.4, 0.5) is 0 Å². The van der Waals surface area contributed by atoms with Gasteiger partial charge in [0, 0.05) is 79.8 Å². The molecule has 290 valence electrons. The van der Waals surface area contributed by atoms with Crippen LogP contribution in [0.2, 0.25) is 0 Å². The van der Waals surface area contributed by atoms with E-state index < -0.39 is 0 Å². The first-order valence-corrected chi connectivity index (χ1v) is 20.7. The highest BCUT2D eigenvalue weighted by atomic mass is 15.0. The maximum atomic E-state index is 5.16. The van der Waals surface area contributed by atoms with Gasteiger partial charge in [-0.2, -0.15) is 0 Å². The first-order chi connectivity index (χ1) is 30.8. The second-order valence-corrected chi connectivity index (χ2v) is 15.3. The largest absolute Gasteiger partial charge is 0.309 e. The lowest BCUT2D eigenvalue weighted by atomic mass is 9.92. The molecule has 5 heterocycles. The molecular formula is C55H35N7. The lowest BCUT2D eigenvalue weighted by Gasteiger charge is -2.21. The van der Waals surface area contributed by atoms with Gasteiger partial charge in [-0.15, -0.1) is 0 Å². The molecule has 12 rings (SSSR count). The molecule has 0 aliphatic carbocycles. The van der Waals surface area contributed by atoms with Gasteiger partial charge in [-0.3, -0.25) is 9.97 Å². The summed E-state index contributed by atoms with van der Waals surface area (Å²) >= 11 is 0. The Morgan fingerprint density at radius 3 is 1.39 bits per heavy atom. The Bertz CT molecular complexity index is 3480. The first-order valence-electron chi connectivity index (χ1n) is 20.7. The summed E-state index contributed by atoms with van der Waals surface area (Å²) < 4.78 is 4.91. The van der Waals surface area contributed by atoms with Gasteiger partial charge in [-0.25, -0.2) is 15.0 Å². The monoisotopic (exact) mass is 793 g/mol. The molecule has 0 N–H and O–H groups in total. The highest BCUT2D eigenvalue weighted by molar-refractivity contribution is 6.26. The predicted molar refractivity (Wildman–Crippen MR) is 251 cm³/mol. The molecule has 0 unspecified atom stereocenters. The van der Waals surface area contributed by atoms with Crippen molar-refractivity contribution in [3.05, 3.63) is 213 Å². The van der Waals surface area contributed by atoms with Crippen LogP contribution in [-0.4, -0.2) is 34.1 Å². The molecule has 7 nitrogen and oxygen atoms in total. The van der Waals surface area contributed by atoms with Crippen LogP contribution in [0.5, 0.6) is 0 Å². The van der Waals surface area contributed by atoms with Crippen LogP contribution in [0.1, 0.15) is 0 Å². The summed E-state index contributed by atoms with van der Waals surface area (Å²) in [5.41, 5.74) is 13.4. The minimum atomic E-state index is 0.536. The summed E-state index contributed by atoms with van der Waals surface area (Å²) in [4.78, 5) is 24.1. The van der Waals surface area contributed by atoms with Crippen LogP contribution in [0.3, 0.4) is 0 Å². The molecule has 0 aliphatic heterocycles. The van der Waals surface area contributed by atoms with Gasteiger partial charge in [0.1, 0.15) is 0 Å². The maximum Gasteiger partial charge on any atom is 0.165 e. The Labute approximate surface area is 356 Å². The third-order valence-corrected chi connectivity index (χ3v) is 11.7. The number of para-hydroxylation sites is 3. The molecule has 0 atom stereocenters. The molecule has 0 saturated carbocycles. The zero-order valence-electron chi connectivity index (χ0n) is 33.3. The van der Waals surface area contributed by atoms with Crippen molar-refractivity contribution in [2.45, 2.75) is 0 Å². The van der Waals surface area contributed by atoms with Crippen molar-refractivity contribution in [1.82, 2.24) is 34.1 Å². The van der Waals surface area contributed by atoms with Gasteiger partial charge < -0.3 is 9.13 Å². The number of nitrogens with zero attached hydrogens (tertiary/aromatic N) is 7. The number of benzene rings is 7. The van der Waals surface area contributed by atoms with E-state index in [2.05, 4.69) is 183 Å². The SMILES string of the molecule is c1ccc(-c2cc(-c3nc(-c4cccnc4)nc(-c4cccnc4)n3)cc(-c3ccccc3)c2-n2c3ccccc3c3c2ccc2c4ccccc4n(-c4ccccc4)c23)cc1. The van der Waals surface area contributed by atoms with E-state index >= 15 is 0 Å². The molecule has 0 saturated heterocycles. The van der Waals surface area contributed by atoms with Crippen molar-refractivity contribution >= 4 is 43.6 Å². The second-order valence-electron chi connectivity index (χ2n) is 15.3. The zero-order chi connectivity index (χ0) is 41.0.